The van der Waals surface area contributed by atoms with E-state index in [0.29, 0.717) is 31.4 Å². The Hall–Kier alpha value is -3.19. The van der Waals surface area contributed by atoms with Gasteiger partial charge in [-0.15, -0.1) is 0 Å². The van der Waals surface area contributed by atoms with Crippen molar-refractivity contribution in [2.24, 2.45) is 5.92 Å². The fourth-order valence-electron chi connectivity index (χ4n) is 3.92. The highest BCUT2D eigenvalue weighted by molar-refractivity contribution is 5.78. The SMILES string of the molecule is Cc1ccc(OCCNC(=O)C2CCN(Cc3nc(-c4ccccc4C)no3)CC2)cc1. The van der Waals surface area contributed by atoms with Gasteiger partial charge < -0.3 is 14.6 Å². The summed E-state index contributed by atoms with van der Waals surface area (Å²) < 4.78 is 11.1. The Morgan fingerprint density at radius 1 is 1.12 bits per heavy atom. The number of benzene rings is 2. The zero-order valence-corrected chi connectivity index (χ0v) is 18.7. The fourth-order valence-corrected chi connectivity index (χ4v) is 3.92. The molecule has 0 spiro atoms. The van der Waals surface area contributed by atoms with E-state index in [0.717, 1.165) is 42.8 Å². The highest BCUT2D eigenvalue weighted by Gasteiger charge is 2.26. The van der Waals surface area contributed by atoms with Crippen molar-refractivity contribution < 1.29 is 14.1 Å². The van der Waals surface area contributed by atoms with E-state index in [9.17, 15) is 4.79 Å². The molecule has 1 fully saturated rings. The minimum atomic E-state index is 0.0378. The molecule has 1 aliphatic rings. The molecule has 168 valence electrons. The van der Waals surface area contributed by atoms with Crippen molar-refractivity contribution in [3.8, 4) is 17.1 Å². The molecule has 7 nitrogen and oxygen atoms in total. The average Bonchev–Trinajstić information content (AvgIpc) is 3.27. The number of carbonyl (C=O) groups excluding carboxylic acids is 1. The standard InChI is InChI=1S/C25H30N4O3/c1-18-7-9-21(10-8-18)31-16-13-26-25(30)20-11-14-29(15-12-20)17-23-27-24(28-32-23)22-6-4-3-5-19(22)2/h3-10,20H,11-17H2,1-2H3,(H,26,30). The van der Waals surface area contributed by atoms with Gasteiger partial charge in [0.1, 0.15) is 12.4 Å². The number of nitrogens with one attached hydrogen (secondary N) is 1. The monoisotopic (exact) mass is 434 g/mol. The van der Waals surface area contributed by atoms with E-state index in [1.54, 1.807) is 0 Å². The summed E-state index contributed by atoms with van der Waals surface area (Å²) in [5.41, 5.74) is 3.31. The van der Waals surface area contributed by atoms with Crippen molar-refractivity contribution in [1.29, 1.82) is 0 Å². The Morgan fingerprint density at radius 3 is 2.62 bits per heavy atom. The van der Waals surface area contributed by atoms with Crippen molar-refractivity contribution in [2.45, 2.75) is 33.2 Å². The van der Waals surface area contributed by atoms with E-state index in [4.69, 9.17) is 9.26 Å². The molecule has 32 heavy (non-hydrogen) atoms. The first-order valence-electron chi connectivity index (χ1n) is 11.2. The molecule has 4 rings (SSSR count). The maximum absolute atomic E-state index is 12.5. The van der Waals surface area contributed by atoms with Gasteiger partial charge in [0, 0.05) is 11.5 Å². The van der Waals surface area contributed by atoms with Crippen molar-refractivity contribution in [2.75, 3.05) is 26.2 Å². The molecule has 1 saturated heterocycles. The van der Waals surface area contributed by atoms with E-state index >= 15 is 0 Å². The molecule has 1 aromatic heterocycles. The lowest BCUT2D eigenvalue weighted by molar-refractivity contribution is -0.126. The van der Waals surface area contributed by atoms with Crippen LogP contribution >= 0.6 is 0 Å². The number of piperidine rings is 1. The summed E-state index contributed by atoms with van der Waals surface area (Å²) in [5.74, 6) is 2.21. The number of aromatic nitrogens is 2. The molecule has 0 saturated carbocycles. The number of likely N-dealkylation sites (tertiary alicyclic amines) is 1. The summed E-state index contributed by atoms with van der Waals surface area (Å²) in [5, 5.41) is 7.14. The minimum absolute atomic E-state index is 0.0378. The maximum atomic E-state index is 12.5. The third-order valence-electron chi connectivity index (χ3n) is 5.86. The Morgan fingerprint density at radius 2 is 1.88 bits per heavy atom. The van der Waals surface area contributed by atoms with Crippen LogP contribution < -0.4 is 10.1 Å². The van der Waals surface area contributed by atoms with Crippen LogP contribution in [0.4, 0.5) is 0 Å². The minimum Gasteiger partial charge on any atom is -0.492 e. The van der Waals surface area contributed by atoms with Gasteiger partial charge in [0.2, 0.25) is 17.6 Å². The quantitative estimate of drug-likeness (QED) is 0.544. The fraction of sp³-hybridized carbons (Fsp3) is 0.400. The molecule has 0 aliphatic carbocycles. The predicted octanol–water partition coefficient (Wildman–Crippen LogP) is 3.76. The lowest BCUT2D eigenvalue weighted by Gasteiger charge is -2.30. The third kappa shape index (κ3) is 5.73. The molecular formula is C25H30N4O3. The molecular weight excluding hydrogens is 404 g/mol. The number of ether oxygens (including phenoxy) is 1. The van der Waals surface area contributed by atoms with Gasteiger partial charge in [-0.05, 0) is 57.5 Å². The Balaban J connectivity index is 1.18. The number of carbonyl (C=O) groups is 1. The van der Waals surface area contributed by atoms with E-state index in [-0.39, 0.29) is 11.8 Å². The average molecular weight is 435 g/mol. The highest BCUT2D eigenvalue weighted by Crippen LogP contribution is 2.22. The van der Waals surface area contributed by atoms with Crippen LogP contribution in [0.25, 0.3) is 11.4 Å². The normalized spacial score (nSPS) is 14.9. The Labute approximate surface area is 188 Å². The van der Waals surface area contributed by atoms with Crippen LogP contribution in [0.15, 0.2) is 53.1 Å². The zero-order valence-electron chi connectivity index (χ0n) is 18.7. The van der Waals surface area contributed by atoms with Crippen LogP contribution in [0.1, 0.15) is 29.9 Å². The second-order valence-corrected chi connectivity index (χ2v) is 8.33. The van der Waals surface area contributed by atoms with Crippen LogP contribution in [0.5, 0.6) is 5.75 Å². The summed E-state index contributed by atoms with van der Waals surface area (Å²) in [4.78, 5) is 19.3. The number of amides is 1. The molecule has 2 aromatic carbocycles. The van der Waals surface area contributed by atoms with Crippen LogP contribution in [0, 0.1) is 19.8 Å². The van der Waals surface area contributed by atoms with E-state index in [1.807, 2.05) is 62.4 Å². The molecule has 0 atom stereocenters. The molecule has 0 unspecified atom stereocenters. The first kappa shape index (κ1) is 22.0. The smallest absolute Gasteiger partial charge is 0.241 e. The second kappa shape index (κ2) is 10.4. The molecule has 0 radical (unpaired) electrons. The number of nitrogens with zero attached hydrogens (tertiary/aromatic N) is 3. The molecule has 1 N–H and O–H groups in total. The van der Waals surface area contributed by atoms with Gasteiger partial charge in [-0.1, -0.05) is 47.1 Å². The lowest BCUT2D eigenvalue weighted by atomic mass is 9.96. The topological polar surface area (TPSA) is 80.5 Å². The van der Waals surface area contributed by atoms with Crippen molar-refractivity contribution in [1.82, 2.24) is 20.4 Å². The first-order chi connectivity index (χ1) is 15.6. The molecule has 2 heterocycles. The number of rotatable bonds is 8. The van der Waals surface area contributed by atoms with Crippen LogP contribution in [-0.2, 0) is 11.3 Å². The van der Waals surface area contributed by atoms with Gasteiger partial charge in [0.15, 0.2) is 0 Å². The highest BCUT2D eigenvalue weighted by atomic mass is 16.5. The molecule has 1 amide bonds. The van der Waals surface area contributed by atoms with Gasteiger partial charge in [-0.2, -0.15) is 4.98 Å². The molecule has 1 aliphatic heterocycles. The molecule has 0 bridgehead atoms. The molecule has 7 heteroatoms. The molecule has 3 aromatic rings. The Bertz CT molecular complexity index is 1020. The number of hydrogen-bond acceptors (Lipinski definition) is 6. The van der Waals surface area contributed by atoms with Crippen molar-refractivity contribution in [3.05, 3.63) is 65.5 Å². The van der Waals surface area contributed by atoms with Crippen LogP contribution in [-0.4, -0.2) is 47.2 Å². The Kier molecular flexibility index (Phi) is 7.17. The second-order valence-electron chi connectivity index (χ2n) is 8.33. The number of aryl methyl sites for hydroxylation is 2. The summed E-state index contributed by atoms with van der Waals surface area (Å²) in [6, 6.07) is 15.9. The zero-order chi connectivity index (χ0) is 22.3. The van der Waals surface area contributed by atoms with Crippen LogP contribution in [0.2, 0.25) is 0 Å². The first-order valence-corrected chi connectivity index (χ1v) is 11.2. The van der Waals surface area contributed by atoms with E-state index in [1.165, 1.54) is 5.56 Å². The van der Waals surface area contributed by atoms with Gasteiger partial charge >= 0.3 is 0 Å². The lowest BCUT2D eigenvalue weighted by Crippen LogP contribution is -2.41. The van der Waals surface area contributed by atoms with Gasteiger partial charge in [-0.25, -0.2) is 0 Å². The maximum Gasteiger partial charge on any atom is 0.241 e. The van der Waals surface area contributed by atoms with E-state index < -0.39 is 0 Å². The predicted molar refractivity (Wildman–Crippen MR) is 122 cm³/mol. The summed E-state index contributed by atoms with van der Waals surface area (Å²) in [7, 11) is 0. The van der Waals surface area contributed by atoms with Crippen molar-refractivity contribution >= 4 is 5.91 Å². The number of hydrogen-bond donors (Lipinski definition) is 1. The van der Waals surface area contributed by atoms with E-state index in [2.05, 4.69) is 20.4 Å². The third-order valence-corrected chi connectivity index (χ3v) is 5.86. The summed E-state index contributed by atoms with van der Waals surface area (Å²) in [6.07, 6.45) is 1.65. The van der Waals surface area contributed by atoms with Crippen molar-refractivity contribution in [3.63, 3.8) is 0 Å². The van der Waals surface area contributed by atoms with Crippen LogP contribution in [0.3, 0.4) is 0 Å². The summed E-state index contributed by atoms with van der Waals surface area (Å²) in [6.45, 7) is 7.33. The van der Waals surface area contributed by atoms with Gasteiger partial charge in [0.05, 0.1) is 13.1 Å². The van der Waals surface area contributed by atoms with Gasteiger partial charge in [-0.3, -0.25) is 9.69 Å². The summed E-state index contributed by atoms with van der Waals surface area (Å²) >= 11 is 0. The largest absolute Gasteiger partial charge is 0.492 e. The van der Waals surface area contributed by atoms with Gasteiger partial charge in [0.25, 0.3) is 0 Å².